The average molecular weight is 406 g/mol. The predicted octanol–water partition coefficient (Wildman–Crippen LogP) is 4.67. The lowest BCUT2D eigenvalue weighted by atomic mass is 9.79. The Morgan fingerprint density at radius 1 is 1.03 bits per heavy atom. The van der Waals surface area contributed by atoms with Gasteiger partial charge in [-0.2, -0.15) is 0 Å². The summed E-state index contributed by atoms with van der Waals surface area (Å²) in [4.78, 5) is 0. The largest absolute Gasteiger partial charge is 0.394 e. The molecule has 0 aliphatic heterocycles. The predicted molar refractivity (Wildman–Crippen MR) is 121 cm³/mol. The van der Waals surface area contributed by atoms with Crippen molar-refractivity contribution in [1.82, 2.24) is 0 Å². The first-order valence-corrected chi connectivity index (χ1v) is 11.7. The Morgan fingerprint density at radius 3 is 2.57 bits per heavy atom. The number of fused-ring (bicyclic) bond motifs is 1. The van der Waals surface area contributed by atoms with Gasteiger partial charge in [-0.1, -0.05) is 49.4 Å². The normalized spacial score (nSPS) is 32.4. The monoisotopic (exact) mass is 405 g/mol. The van der Waals surface area contributed by atoms with Crippen LogP contribution in [-0.4, -0.2) is 23.4 Å². The van der Waals surface area contributed by atoms with Gasteiger partial charge in [-0.25, -0.2) is 0 Å². The van der Waals surface area contributed by atoms with E-state index in [-0.39, 0.29) is 12.1 Å². The summed E-state index contributed by atoms with van der Waals surface area (Å²) in [5, 5.41) is 9.57. The molecule has 2 unspecified atom stereocenters. The highest BCUT2D eigenvalue weighted by atomic mass is 16.5. The van der Waals surface area contributed by atoms with Crippen LogP contribution in [0.3, 0.4) is 0 Å². The molecule has 0 aromatic heterocycles. The Kier molecular flexibility index (Phi) is 5.25. The number of aliphatic hydroxyl groups excluding tert-OH is 1. The molecule has 3 aliphatic rings. The average Bonchev–Trinajstić information content (AvgIpc) is 3.28. The van der Waals surface area contributed by atoms with E-state index < -0.39 is 0 Å². The van der Waals surface area contributed by atoms with Crippen molar-refractivity contribution in [2.75, 3.05) is 6.61 Å². The molecule has 2 saturated carbocycles. The molecule has 3 aliphatic carbocycles. The molecule has 2 aromatic rings. The molecule has 160 valence electrons. The second-order valence-electron chi connectivity index (χ2n) is 10.2. The first kappa shape index (κ1) is 20.2. The second kappa shape index (κ2) is 7.78. The highest BCUT2D eigenvalue weighted by molar-refractivity contribution is 5.39. The van der Waals surface area contributed by atoms with Gasteiger partial charge in [0.2, 0.25) is 0 Å². The van der Waals surface area contributed by atoms with Crippen LogP contribution < -0.4 is 5.73 Å². The quantitative estimate of drug-likeness (QED) is 0.734. The van der Waals surface area contributed by atoms with Crippen LogP contribution in [0, 0.1) is 5.41 Å². The van der Waals surface area contributed by atoms with Crippen molar-refractivity contribution in [3.05, 3.63) is 70.3 Å². The maximum absolute atomic E-state index is 9.57. The molecule has 1 spiro atoms. The molecule has 0 radical (unpaired) electrons. The van der Waals surface area contributed by atoms with Gasteiger partial charge in [0.15, 0.2) is 0 Å². The van der Waals surface area contributed by atoms with E-state index in [0.29, 0.717) is 17.4 Å². The molecule has 0 amide bonds. The number of nitrogens with two attached hydrogens (primary N) is 1. The SMILES string of the molecule is CCc1ccc(COC2CC23CCc2cc([C@H]4CC[C@](N)(CO)C4)ccc2C3)cc1. The van der Waals surface area contributed by atoms with Crippen LogP contribution in [0.15, 0.2) is 42.5 Å². The topological polar surface area (TPSA) is 55.5 Å². The fourth-order valence-electron chi connectivity index (χ4n) is 5.80. The highest BCUT2D eigenvalue weighted by Crippen LogP contribution is 2.57. The number of benzene rings is 2. The highest BCUT2D eigenvalue weighted by Gasteiger charge is 2.56. The van der Waals surface area contributed by atoms with Crippen LogP contribution >= 0.6 is 0 Å². The van der Waals surface area contributed by atoms with E-state index in [4.69, 9.17) is 10.5 Å². The van der Waals surface area contributed by atoms with Crippen molar-refractivity contribution in [3.63, 3.8) is 0 Å². The zero-order valence-corrected chi connectivity index (χ0v) is 18.2. The van der Waals surface area contributed by atoms with Gasteiger partial charge in [0.05, 0.1) is 19.3 Å². The zero-order chi connectivity index (χ0) is 20.8. The zero-order valence-electron chi connectivity index (χ0n) is 18.2. The van der Waals surface area contributed by atoms with E-state index in [1.165, 1.54) is 40.7 Å². The van der Waals surface area contributed by atoms with Gasteiger partial charge >= 0.3 is 0 Å². The number of rotatable bonds is 6. The van der Waals surface area contributed by atoms with Gasteiger partial charge in [-0.3, -0.25) is 0 Å². The van der Waals surface area contributed by atoms with E-state index >= 15 is 0 Å². The van der Waals surface area contributed by atoms with Crippen LogP contribution in [0.25, 0.3) is 0 Å². The van der Waals surface area contributed by atoms with E-state index in [9.17, 15) is 5.11 Å². The fourth-order valence-corrected chi connectivity index (χ4v) is 5.80. The summed E-state index contributed by atoms with van der Waals surface area (Å²) in [6.45, 7) is 3.02. The van der Waals surface area contributed by atoms with Crippen LogP contribution in [0.5, 0.6) is 0 Å². The molecule has 3 N–H and O–H groups in total. The van der Waals surface area contributed by atoms with Gasteiger partial charge in [0, 0.05) is 11.0 Å². The number of hydrogen-bond donors (Lipinski definition) is 2. The van der Waals surface area contributed by atoms with Crippen molar-refractivity contribution in [3.8, 4) is 0 Å². The van der Waals surface area contributed by atoms with E-state index in [1.54, 1.807) is 0 Å². The Labute approximate surface area is 180 Å². The smallest absolute Gasteiger partial charge is 0.0720 e. The number of aliphatic hydroxyl groups is 1. The lowest BCUT2D eigenvalue weighted by Gasteiger charge is -2.27. The van der Waals surface area contributed by atoms with Crippen LogP contribution in [-0.2, 0) is 30.6 Å². The molecule has 0 bridgehead atoms. The summed E-state index contributed by atoms with van der Waals surface area (Å²) < 4.78 is 6.32. The van der Waals surface area contributed by atoms with Crippen molar-refractivity contribution < 1.29 is 9.84 Å². The van der Waals surface area contributed by atoms with Gasteiger partial charge in [0.25, 0.3) is 0 Å². The summed E-state index contributed by atoms with van der Waals surface area (Å²) in [6.07, 6.45) is 9.18. The minimum absolute atomic E-state index is 0.0983. The Hall–Kier alpha value is -1.68. The molecule has 2 aromatic carbocycles. The third kappa shape index (κ3) is 3.84. The summed E-state index contributed by atoms with van der Waals surface area (Å²) in [6, 6.07) is 16.0. The number of aryl methyl sites for hydroxylation is 2. The fraction of sp³-hybridized carbons (Fsp3) is 0.556. The number of hydrogen-bond acceptors (Lipinski definition) is 3. The first-order chi connectivity index (χ1) is 14.5. The molecule has 3 nitrogen and oxygen atoms in total. The molecule has 4 atom stereocenters. The Morgan fingerprint density at radius 2 is 1.83 bits per heavy atom. The number of ether oxygens (including phenoxy) is 1. The summed E-state index contributed by atoms with van der Waals surface area (Å²) >= 11 is 0. The van der Waals surface area contributed by atoms with E-state index in [0.717, 1.165) is 45.1 Å². The van der Waals surface area contributed by atoms with Crippen LogP contribution in [0.1, 0.15) is 72.8 Å². The summed E-state index contributed by atoms with van der Waals surface area (Å²) in [5.41, 5.74) is 13.4. The van der Waals surface area contributed by atoms with Crippen LogP contribution in [0.2, 0.25) is 0 Å². The molecular formula is C27H35NO2. The summed E-state index contributed by atoms with van der Waals surface area (Å²) in [5.74, 6) is 0.499. The van der Waals surface area contributed by atoms with Crippen molar-refractivity contribution in [1.29, 1.82) is 0 Å². The molecule has 5 rings (SSSR count). The van der Waals surface area contributed by atoms with Gasteiger partial charge in [0.1, 0.15) is 0 Å². The van der Waals surface area contributed by atoms with Crippen LogP contribution in [0.4, 0.5) is 0 Å². The third-order valence-electron chi connectivity index (χ3n) is 8.09. The third-order valence-corrected chi connectivity index (χ3v) is 8.09. The Bertz CT molecular complexity index is 908. The Balaban J connectivity index is 1.20. The lowest BCUT2D eigenvalue weighted by Crippen LogP contribution is -2.40. The molecule has 0 heterocycles. The van der Waals surface area contributed by atoms with E-state index in [1.807, 2.05) is 0 Å². The minimum Gasteiger partial charge on any atom is -0.394 e. The molecule has 0 saturated heterocycles. The molecule has 30 heavy (non-hydrogen) atoms. The molecule has 3 heteroatoms. The standard InChI is InChI=1S/C27H35NO2/c1-2-19-3-5-20(6-4-19)17-30-25-16-26(25)11-9-22-13-21(7-8-23(22)14-26)24-10-12-27(28,15-24)18-29/h3-8,13,24-25,29H,2,9-12,14-18,28H2,1H3/t24-,25?,26?,27+/m0/s1. The summed E-state index contributed by atoms with van der Waals surface area (Å²) in [7, 11) is 0. The van der Waals surface area contributed by atoms with Gasteiger partial charge in [-0.05, 0) is 85.1 Å². The van der Waals surface area contributed by atoms with Gasteiger partial charge < -0.3 is 15.6 Å². The maximum Gasteiger partial charge on any atom is 0.0720 e. The minimum atomic E-state index is -0.375. The van der Waals surface area contributed by atoms with E-state index in [2.05, 4.69) is 49.4 Å². The molecular weight excluding hydrogens is 370 g/mol. The first-order valence-electron chi connectivity index (χ1n) is 11.7. The van der Waals surface area contributed by atoms with Crippen molar-refractivity contribution in [2.45, 2.75) is 82.5 Å². The second-order valence-corrected chi connectivity index (χ2v) is 10.2. The van der Waals surface area contributed by atoms with Crippen molar-refractivity contribution >= 4 is 0 Å². The van der Waals surface area contributed by atoms with Crippen molar-refractivity contribution in [2.24, 2.45) is 11.1 Å². The molecule has 2 fully saturated rings. The maximum atomic E-state index is 9.57. The van der Waals surface area contributed by atoms with Gasteiger partial charge in [-0.15, -0.1) is 0 Å². The lowest BCUT2D eigenvalue weighted by molar-refractivity contribution is 0.0728.